The number of carbonyl (C=O) groups excluding carboxylic acids is 2. The molecule has 2 unspecified atom stereocenters. The van der Waals surface area contributed by atoms with E-state index in [1.807, 2.05) is 32.9 Å². The molecule has 11 nitrogen and oxygen atoms in total. The summed E-state index contributed by atoms with van der Waals surface area (Å²) in [5.74, 6) is -0.0558. The first-order chi connectivity index (χ1) is 21.4. The van der Waals surface area contributed by atoms with Gasteiger partial charge in [-0.25, -0.2) is 15.0 Å². The first kappa shape index (κ1) is 32.7. The Kier molecular flexibility index (Phi) is 10.2. The third kappa shape index (κ3) is 8.05. The maximum atomic E-state index is 11.4. The van der Waals surface area contributed by atoms with Crippen LogP contribution in [0, 0.1) is 20.8 Å². The van der Waals surface area contributed by atoms with Gasteiger partial charge in [0.15, 0.2) is 17.5 Å². The van der Waals surface area contributed by atoms with Gasteiger partial charge in [-0.2, -0.15) is 0 Å². The molecular formula is C34H37N3O8. The van der Waals surface area contributed by atoms with E-state index >= 15 is 0 Å². The predicted octanol–water partition coefficient (Wildman–Crippen LogP) is 6.57. The number of nitrogens with zero attached hydrogens (tertiary/aromatic N) is 3. The second-order valence-electron chi connectivity index (χ2n) is 10.6. The lowest BCUT2D eigenvalue weighted by atomic mass is 9.99. The zero-order valence-electron chi connectivity index (χ0n) is 26.4. The van der Waals surface area contributed by atoms with Gasteiger partial charge in [0.25, 0.3) is 0 Å². The second-order valence-corrected chi connectivity index (χ2v) is 10.6. The number of ether oxygens (including phenoxy) is 4. The van der Waals surface area contributed by atoms with E-state index < -0.39 is 24.5 Å². The summed E-state index contributed by atoms with van der Waals surface area (Å²) in [5, 5.41) is 22.1. The Labute approximate surface area is 261 Å². The molecule has 0 amide bonds. The molecule has 0 fully saturated rings. The number of aromatic nitrogens is 3. The van der Waals surface area contributed by atoms with Gasteiger partial charge in [0.05, 0.1) is 11.1 Å². The number of carbonyl (C=O) groups is 2. The number of hydrogen-bond donors (Lipinski definition) is 2. The average molecular weight is 616 g/mol. The van der Waals surface area contributed by atoms with E-state index in [1.54, 1.807) is 38.1 Å². The van der Waals surface area contributed by atoms with Crippen molar-refractivity contribution >= 4 is 11.9 Å². The van der Waals surface area contributed by atoms with Crippen LogP contribution in [0.5, 0.6) is 23.0 Å². The molecule has 1 aromatic heterocycles. The first-order valence-corrected chi connectivity index (χ1v) is 14.6. The van der Waals surface area contributed by atoms with E-state index in [9.17, 15) is 19.8 Å². The van der Waals surface area contributed by atoms with Crippen LogP contribution in [0.3, 0.4) is 0 Å². The van der Waals surface area contributed by atoms with Crippen molar-refractivity contribution in [3.63, 3.8) is 0 Å². The zero-order chi connectivity index (χ0) is 32.8. The minimum atomic E-state index is -0.813. The number of esters is 2. The Hall–Kier alpha value is -5.19. The number of hydrogen-bond acceptors (Lipinski definition) is 11. The van der Waals surface area contributed by atoms with Gasteiger partial charge < -0.3 is 29.2 Å². The van der Waals surface area contributed by atoms with Crippen LogP contribution >= 0.6 is 0 Å². The summed E-state index contributed by atoms with van der Waals surface area (Å²) < 4.78 is 21.8. The Morgan fingerprint density at radius 1 is 0.667 bits per heavy atom. The summed E-state index contributed by atoms with van der Waals surface area (Å²) in [5.41, 5.74) is 4.36. The van der Waals surface area contributed by atoms with Crippen LogP contribution in [0.2, 0.25) is 0 Å². The molecule has 0 saturated carbocycles. The monoisotopic (exact) mass is 615 g/mol. The van der Waals surface area contributed by atoms with Crippen LogP contribution in [0.25, 0.3) is 34.2 Å². The largest absolute Gasteiger partial charge is 0.507 e. The summed E-state index contributed by atoms with van der Waals surface area (Å²) in [6.45, 7) is 12.1. The van der Waals surface area contributed by atoms with Gasteiger partial charge in [0.2, 0.25) is 12.6 Å². The highest BCUT2D eigenvalue weighted by molar-refractivity contribution is 5.74. The molecule has 0 saturated heterocycles. The van der Waals surface area contributed by atoms with Crippen LogP contribution in [-0.2, 0) is 19.1 Å². The van der Waals surface area contributed by atoms with Gasteiger partial charge in [-0.15, -0.1) is 0 Å². The minimum absolute atomic E-state index is 0.158. The second kappa shape index (κ2) is 14.1. The van der Waals surface area contributed by atoms with Gasteiger partial charge in [-0.1, -0.05) is 31.5 Å². The summed E-state index contributed by atoms with van der Waals surface area (Å²) in [7, 11) is 0. The van der Waals surface area contributed by atoms with Crippen molar-refractivity contribution in [2.45, 2.75) is 73.9 Å². The fraction of sp³-hybridized carbons (Fsp3) is 0.324. The van der Waals surface area contributed by atoms with Crippen LogP contribution in [0.15, 0.2) is 48.5 Å². The molecule has 4 rings (SSSR count). The molecule has 0 aliphatic heterocycles. The van der Waals surface area contributed by atoms with E-state index in [4.69, 9.17) is 28.9 Å². The van der Waals surface area contributed by atoms with Gasteiger partial charge in [0.1, 0.15) is 23.0 Å². The van der Waals surface area contributed by atoms with E-state index in [0.717, 1.165) is 22.3 Å². The van der Waals surface area contributed by atoms with Crippen LogP contribution < -0.4 is 9.47 Å². The van der Waals surface area contributed by atoms with Crippen molar-refractivity contribution in [3.05, 3.63) is 65.2 Å². The quantitative estimate of drug-likeness (QED) is 0.139. The zero-order valence-corrected chi connectivity index (χ0v) is 26.4. The molecule has 2 atom stereocenters. The molecule has 0 spiro atoms. The molecule has 2 N–H and O–H groups in total. The summed E-state index contributed by atoms with van der Waals surface area (Å²) in [6, 6.07) is 13.3. The number of benzene rings is 3. The summed E-state index contributed by atoms with van der Waals surface area (Å²) in [6.07, 6.45) is -0.805. The molecule has 1 heterocycles. The Morgan fingerprint density at radius 3 is 1.42 bits per heavy atom. The lowest BCUT2D eigenvalue weighted by molar-refractivity contribution is -0.162. The van der Waals surface area contributed by atoms with Crippen molar-refractivity contribution in [3.8, 4) is 57.2 Å². The maximum absolute atomic E-state index is 11.4. The molecule has 4 aromatic rings. The van der Waals surface area contributed by atoms with Crippen LogP contribution in [0.4, 0.5) is 0 Å². The van der Waals surface area contributed by atoms with Gasteiger partial charge in [0, 0.05) is 44.4 Å². The lowest BCUT2D eigenvalue weighted by Gasteiger charge is -2.18. The highest BCUT2D eigenvalue weighted by atomic mass is 16.7. The van der Waals surface area contributed by atoms with E-state index in [2.05, 4.69) is 4.98 Å². The van der Waals surface area contributed by atoms with Crippen molar-refractivity contribution in [2.24, 2.45) is 0 Å². The first-order valence-electron chi connectivity index (χ1n) is 14.6. The highest BCUT2D eigenvalue weighted by Gasteiger charge is 2.21. The van der Waals surface area contributed by atoms with Gasteiger partial charge >= 0.3 is 11.9 Å². The fourth-order valence-corrected chi connectivity index (χ4v) is 4.86. The Morgan fingerprint density at radius 2 is 1.07 bits per heavy atom. The van der Waals surface area contributed by atoms with E-state index in [0.29, 0.717) is 29.8 Å². The number of rotatable bonds is 11. The van der Waals surface area contributed by atoms with E-state index in [1.165, 1.54) is 26.0 Å². The van der Waals surface area contributed by atoms with E-state index in [-0.39, 0.29) is 34.6 Å². The SMILES string of the molecule is CCC(OC(C)=O)Oc1ccc(-c2nc(-c3ccc(OC(CC)OC(C)=O)cc3O)nc(-c3c(C)cc(C)cc3C)n2)c(O)c1. The van der Waals surface area contributed by atoms with Gasteiger partial charge in [-0.05, 0) is 56.2 Å². The predicted molar refractivity (Wildman–Crippen MR) is 167 cm³/mol. The highest BCUT2D eigenvalue weighted by Crippen LogP contribution is 2.37. The standard InChI is InChI=1S/C34H37N3O8/c1-8-29(42-21(6)38)44-23-10-12-25(27(40)16-23)32-35-33(37-34(36-32)31-19(4)14-18(3)15-20(31)5)26-13-11-24(17-28(26)41)45-30(9-2)43-22(7)39/h10-17,29-30,40-41H,8-9H2,1-7H3. The normalized spacial score (nSPS) is 12.2. The van der Waals surface area contributed by atoms with Gasteiger partial charge in [-0.3, -0.25) is 9.59 Å². The molecule has 0 radical (unpaired) electrons. The molecule has 45 heavy (non-hydrogen) atoms. The smallest absolute Gasteiger partial charge is 0.305 e. The molecule has 236 valence electrons. The summed E-state index contributed by atoms with van der Waals surface area (Å²) in [4.78, 5) is 36.9. The molecule has 3 aromatic carbocycles. The molecule has 0 aliphatic carbocycles. The Balaban J connectivity index is 1.81. The average Bonchev–Trinajstić information content (AvgIpc) is 2.95. The Bertz CT molecular complexity index is 1610. The van der Waals surface area contributed by atoms with Crippen molar-refractivity contribution in [2.75, 3.05) is 0 Å². The van der Waals surface area contributed by atoms with Crippen molar-refractivity contribution in [1.29, 1.82) is 0 Å². The summed E-state index contributed by atoms with van der Waals surface area (Å²) >= 11 is 0. The number of aryl methyl sites for hydroxylation is 3. The lowest BCUT2D eigenvalue weighted by Crippen LogP contribution is -2.22. The number of phenols is 2. The van der Waals surface area contributed by atoms with Crippen molar-refractivity contribution in [1.82, 2.24) is 15.0 Å². The number of phenolic OH excluding ortho intramolecular Hbond substituents is 2. The maximum Gasteiger partial charge on any atom is 0.305 e. The van der Waals surface area contributed by atoms with Crippen molar-refractivity contribution < 1.29 is 38.7 Å². The molecule has 0 aliphatic rings. The molecule has 11 heteroatoms. The van der Waals surface area contributed by atoms with Crippen LogP contribution in [-0.4, -0.2) is 49.7 Å². The third-order valence-corrected chi connectivity index (χ3v) is 6.75. The molecule has 0 bridgehead atoms. The fourth-order valence-electron chi connectivity index (χ4n) is 4.86. The molecular weight excluding hydrogens is 578 g/mol. The number of aromatic hydroxyl groups is 2. The third-order valence-electron chi connectivity index (χ3n) is 6.75. The topological polar surface area (TPSA) is 150 Å². The minimum Gasteiger partial charge on any atom is -0.507 e. The van der Waals surface area contributed by atoms with Crippen LogP contribution in [0.1, 0.15) is 57.2 Å².